The number of piperazine rings is 1. The number of sulfonamides is 1. The fraction of sp³-hybridized carbons (Fsp3) is 0.917. The van der Waals surface area contributed by atoms with Crippen LogP contribution in [0, 0.1) is 11.3 Å². The van der Waals surface area contributed by atoms with Crippen molar-refractivity contribution in [1.82, 2.24) is 9.21 Å². The van der Waals surface area contributed by atoms with Crippen molar-refractivity contribution < 1.29 is 8.42 Å². The van der Waals surface area contributed by atoms with Gasteiger partial charge in [-0.05, 0) is 34.6 Å². The van der Waals surface area contributed by atoms with E-state index >= 15 is 0 Å². The molecule has 0 saturated carbocycles. The first kappa shape index (κ1) is 15.4. The lowest BCUT2D eigenvalue weighted by molar-refractivity contribution is 0.114. The van der Waals surface area contributed by atoms with Gasteiger partial charge in [-0.15, -0.1) is 0 Å². The molecule has 1 rings (SSSR count). The van der Waals surface area contributed by atoms with Gasteiger partial charge < -0.3 is 0 Å². The fourth-order valence-electron chi connectivity index (χ4n) is 1.95. The first-order chi connectivity index (χ1) is 8.02. The van der Waals surface area contributed by atoms with Gasteiger partial charge in [0, 0.05) is 26.2 Å². The SMILES string of the molecule is CC(C)(C#N)N1CCN(S(=O)(=O)C(C)(C)C)CC1. The Morgan fingerprint density at radius 1 is 1.00 bits per heavy atom. The van der Waals surface area contributed by atoms with Gasteiger partial charge in [-0.2, -0.15) is 9.57 Å². The summed E-state index contributed by atoms with van der Waals surface area (Å²) < 4.78 is 25.3. The third-order valence-electron chi connectivity index (χ3n) is 3.42. The predicted octanol–water partition coefficient (Wildman–Crippen LogP) is 1.03. The molecule has 0 aromatic rings. The van der Waals surface area contributed by atoms with Crippen LogP contribution in [0.15, 0.2) is 0 Å². The van der Waals surface area contributed by atoms with Crippen molar-refractivity contribution in [2.45, 2.75) is 44.9 Å². The van der Waals surface area contributed by atoms with Crippen LogP contribution in [0.1, 0.15) is 34.6 Å². The lowest BCUT2D eigenvalue weighted by atomic mass is 10.0. The van der Waals surface area contributed by atoms with E-state index in [-0.39, 0.29) is 0 Å². The van der Waals surface area contributed by atoms with Gasteiger partial charge in [0.25, 0.3) is 0 Å². The highest BCUT2D eigenvalue weighted by molar-refractivity contribution is 7.90. The minimum atomic E-state index is -3.25. The monoisotopic (exact) mass is 273 g/mol. The molecular weight excluding hydrogens is 250 g/mol. The van der Waals surface area contributed by atoms with E-state index in [2.05, 4.69) is 6.07 Å². The van der Waals surface area contributed by atoms with Crippen molar-refractivity contribution in [2.24, 2.45) is 0 Å². The van der Waals surface area contributed by atoms with Crippen LogP contribution in [0.4, 0.5) is 0 Å². The van der Waals surface area contributed by atoms with Crippen LogP contribution in [0.5, 0.6) is 0 Å². The quantitative estimate of drug-likeness (QED) is 0.754. The molecule has 1 heterocycles. The van der Waals surface area contributed by atoms with Crippen LogP contribution < -0.4 is 0 Å². The van der Waals surface area contributed by atoms with E-state index in [1.54, 1.807) is 20.8 Å². The van der Waals surface area contributed by atoms with Gasteiger partial charge in [-0.3, -0.25) is 4.90 Å². The third-order valence-corrected chi connectivity index (χ3v) is 6.01. The second-order valence-electron chi connectivity index (χ2n) is 6.17. The summed E-state index contributed by atoms with van der Waals surface area (Å²) in [6, 6.07) is 2.25. The zero-order valence-electron chi connectivity index (χ0n) is 11.9. The molecule has 1 fully saturated rings. The van der Waals surface area contributed by atoms with Gasteiger partial charge in [0.15, 0.2) is 0 Å². The summed E-state index contributed by atoms with van der Waals surface area (Å²) in [4.78, 5) is 2.03. The second-order valence-corrected chi connectivity index (χ2v) is 8.87. The van der Waals surface area contributed by atoms with Crippen LogP contribution >= 0.6 is 0 Å². The van der Waals surface area contributed by atoms with Crippen molar-refractivity contribution in [3.05, 3.63) is 0 Å². The van der Waals surface area contributed by atoms with Gasteiger partial charge in [-0.25, -0.2) is 8.42 Å². The Morgan fingerprint density at radius 2 is 1.44 bits per heavy atom. The Bertz CT molecular complexity index is 435. The van der Waals surface area contributed by atoms with Crippen LogP contribution in [0.2, 0.25) is 0 Å². The second kappa shape index (κ2) is 4.80. The first-order valence-electron chi connectivity index (χ1n) is 6.18. The highest BCUT2D eigenvalue weighted by Crippen LogP contribution is 2.23. The zero-order chi connectivity index (χ0) is 14.2. The average molecular weight is 273 g/mol. The first-order valence-corrected chi connectivity index (χ1v) is 7.62. The molecule has 1 saturated heterocycles. The van der Waals surface area contributed by atoms with E-state index < -0.39 is 20.3 Å². The lowest BCUT2D eigenvalue weighted by Crippen LogP contribution is -2.57. The van der Waals surface area contributed by atoms with E-state index in [9.17, 15) is 8.42 Å². The van der Waals surface area contributed by atoms with Gasteiger partial charge >= 0.3 is 0 Å². The summed E-state index contributed by atoms with van der Waals surface area (Å²) >= 11 is 0. The normalized spacial score (nSPS) is 20.7. The van der Waals surface area contributed by atoms with Gasteiger partial charge in [0.2, 0.25) is 10.0 Å². The summed E-state index contributed by atoms with van der Waals surface area (Å²) in [5, 5.41) is 9.08. The Labute approximate surface area is 110 Å². The maximum Gasteiger partial charge on any atom is 0.219 e. The molecule has 0 bridgehead atoms. The summed E-state index contributed by atoms with van der Waals surface area (Å²) in [5.74, 6) is 0. The van der Waals surface area contributed by atoms with Crippen LogP contribution in [-0.2, 0) is 10.0 Å². The minimum absolute atomic E-state index is 0.463. The van der Waals surface area contributed by atoms with Crippen LogP contribution in [0.3, 0.4) is 0 Å². The van der Waals surface area contributed by atoms with Crippen molar-refractivity contribution in [3.8, 4) is 6.07 Å². The lowest BCUT2D eigenvalue weighted by Gasteiger charge is -2.41. The van der Waals surface area contributed by atoms with Gasteiger partial charge in [-0.1, -0.05) is 0 Å². The molecule has 5 nitrogen and oxygen atoms in total. The standard InChI is InChI=1S/C12H23N3O2S/c1-11(2,3)18(16,17)15-8-6-14(7-9-15)12(4,5)10-13/h6-9H2,1-5H3. The molecule has 18 heavy (non-hydrogen) atoms. The summed E-state index contributed by atoms with van der Waals surface area (Å²) in [7, 11) is -3.25. The summed E-state index contributed by atoms with van der Waals surface area (Å²) in [6.45, 7) is 11.0. The molecule has 6 heteroatoms. The molecule has 0 amide bonds. The Morgan fingerprint density at radius 3 is 1.78 bits per heavy atom. The number of nitrogens with zero attached hydrogens (tertiary/aromatic N) is 3. The molecule has 104 valence electrons. The van der Waals surface area contributed by atoms with Crippen LogP contribution in [0.25, 0.3) is 0 Å². The van der Waals surface area contributed by atoms with Crippen LogP contribution in [-0.4, -0.2) is 54.1 Å². The third kappa shape index (κ3) is 2.85. The maximum atomic E-state index is 12.3. The van der Waals surface area contributed by atoms with E-state index in [0.717, 1.165) is 0 Å². The Kier molecular flexibility index (Phi) is 4.11. The average Bonchev–Trinajstić information content (AvgIpc) is 2.27. The van der Waals surface area contributed by atoms with E-state index in [0.29, 0.717) is 26.2 Å². The van der Waals surface area contributed by atoms with E-state index in [4.69, 9.17) is 5.26 Å². The van der Waals surface area contributed by atoms with E-state index in [1.165, 1.54) is 4.31 Å². The molecular formula is C12H23N3O2S. The predicted molar refractivity (Wildman–Crippen MR) is 71.5 cm³/mol. The molecule has 1 aliphatic heterocycles. The van der Waals surface area contributed by atoms with Crippen molar-refractivity contribution >= 4 is 10.0 Å². The number of hydrogen-bond donors (Lipinski definition) is 0. The minimum Gasteiger partial charge on any atom is -0.283 e. The van der Waals surface area contributed by atoms with Gasteiger partial charge in [0.05, 0.1) is 10.8 Å². The highest BCUT2D eigenvalue weighted by Gasteiger charge is 2.39. The van der Waals surface area contributed by atoms with Crippen molar-refractivity contribution in [3.63, 3.8) is 0 Å². The maximum absolute atomic E-state index is 12.3. The largest absolute Gasteiger partial charge is 0.283 e. The molecule has 1 aliphatic rings. The molecule has 0 N–H and O–H groups in total. The zero-order valence-corrected chi connectivity index (χ0v) is 12.7. The van der Waals surface area contributed by atoms with Crippen molar-refractivity contribution in [2.75, 3.05) is 26.2 Å². The summed E-state index contributed by atoms with van der Waals surface area (Å²) in [5.41, 5.74) is -0.530. The van der Waals surface area contributed by atoms with E-state index in [1.807, 2.05) is 18.7 Å². The smallest absolute Gasteiger partial charge is 0.219 e. The number of nitriles is 1. The number of hydrogen-bond acceptors (Lipinski definition) is 4. The van der Waals surface area contributed by atoms with Crippen molar-refractivity contribution in [1.29, 1.82) is 5.26 Å². The molecule has 0 aliphatic carbocycles. The topological polar surface area (TPSA) is 64.4 Å². The molecule has 0 unspecified atom stereocenters. The molecule has 0 aromatic heterocycles. The molecule has 0 aromatic carbocycles. The molecule has 0 radical (unpaired) electrons. The fourth-order valence-corrected chi connectivity index (χ4v) is 3.36. The summed E-state index contributed by atoms with van der Waals surface area (Å²) in [6.07, 6.45) is 0. The molecule has 0 spiro atoms. The molecule has 0 atom stereocenters. The Hall–Kier alpha value is -0.640. The number of rotatable bonds is 2. The van der Waals surface area contributed by atoms with Gasteiger partial charge in [0.1, 0.15) is 5.54 Å². The Balaban J connectivity index is 2.75. The highest BCUT2D eigenvalue weighted by atomic mass is 32.2.